The van der Waals surface area contributed by atoms with Crippen LogP contribution in [0.2, 0.25) is 0 Å². The molecule has 7 nitrogen and oxygen atoms in total. The first-order valence-electron chi connectivity index (χ1n) is 7.63. The molecule has 1 atom stereocenters. The average Bonchev–Trinajstić information content (AvgIpc) is 2.95. The maximum absolute atomic E-state index is 13.6. The van der Waals surface area contributed by atoms with Crippen LogP contribution in [0, 0.1) is 6.92 Å². The molecular weight excluding hydrogens is 337 g/mol. The fourth-order valence-corrected chi connectivity index (χ4v) is 2.24. The van der Waals surface area contributed by atoms with E-state index in [0.29, 0.717) is 18.0 Å². The minimum Gasteiger partial charge on any atom is -0.382 e. The molecule has 0 fully saturated rings. The van der Waals surface area contributed by atoms with Crippen LogP contribution in [-0.2, 0) is 10.7 Å². The van der Waals surface area contributed by atoms with Gasteiger partial charge >= 0.3 is 5.92 Å². The molecule has 0 aliphatic heterocycles. The van der Waals surface area contributed by atoms with E-state index in [1.165, 1.54) is 7.05 Å². The number of nitrogens with one attached hydrogen (secondary N) is 2. The molecule has 2 aromatic heterocycles. The summed E-state index contributed by atoms with van der Waals surface area (Å²) in [6.45, 7) is 2.42. The van der Waals surface area contributed by atoms with E-state index in [-0.39, 0.29) is 17.8 Å². The Morgan fingerprint density at radius 3 is 2.72 bits per heavy atom. The summed E-state index contributed by atoms with van der Waals surface area (Å²) >= 11 is 0. The lowest BCUT2D eigenvalue weighted by molar-refractivity contribution is -0.0279. The van der Waals surface area contributed by atoms with Gasteiger partial charge < -0.3 is 15.4 Å². The molecular formula is C15H21F3N6O. The van der Waals surface area contributed by atoms with Crippen LogP contribution < -0.4 is 10.6 Å². The molecule has 0 bridgehead atoms. The Bertz CT molecular complexity index is 721. The second kappa shape index (κ2) is 7.68. The van der Waals surface area contributed by atoms with Crippen molar-refractivity contribution in [3.8, 4) is 0 Å². The number of aryl methyl sites for hydroxylation is 1. The molecule has 2 heterocycles. The third-order valence-electron chi connectivity index (χ3n) is 3.61. The van der Waals surface area contributed by atoms with E-state index in [1.54, 1.807) is 24.9 Å². The molecule has 25 heavy (non-hydrogen) atoms. The lowest BCUT2D eigenvalue weighted by Gasteiger charge is -2.16. The van der Waals surface area contributed by atoms with Gasteiger partial charge in [0, 0.05) is 26.6 Å². The Hall–Kier alpha value is -2.36. The summed E-state index contributed by atoms with van der Waals surface area (Å²) in [5.41, 5.74) is 0.731. The topological polar surface area (TPSA) is 76.9 Å². The number of nitrogens with zero attached hydrogens (tertiary/aromatic N) is 4. The van der Waals surface area contributed by atoms with E-state index < -0.39 is 18.2 Å². The predicted octanol–water partition coefficient (Wildman–Crippen LogP) is 3.04. The number of alkyl halides is 3. The normalized spacial score (nSPS) is 12.9. The molecule has 0 aliphatic rings. The number of hydrogen-bond acceptors (Lipinski definition) is 6. The summed E-state index contributed by atoms with van der Waals surface area (Å²) < 4.78 is 46.5. The van der Waals surface area contributed by atoms with Gasteiger partial charge in [0.1, 0.15) is 5.82 Å². The van der Waals surface area contributed by atoms with Crippen LogP contribution in [0.5, 0.6) is 0 Å². The maximum atomic E-state index is 13.6. The molecule has 0 aromatic carbocycles. The van der Waals surface area contributed by atoms with Crippen molar-refractivity contribution >= 4 is 17.5 Å². The highest BCUT2D eigenvalue weighted by molar-refractivity contribution is 5.58. The van der Waals surface area contributed by atoms with Crippen LogP contribution in [0.4, 0.5) is 30.6 Å². The molecule has 0 saturated heterocycles. The Morgan fingerprint density at radius 2 is 2.12 bits per heavy atom. The van der Waals surface area contributed by atoms with Crippen LogP contribution in [0.15, 0.2) is 12.4 Å². The summed E-state index contributed by atoms with van der Waals surface area (Å²) in [4.78, 5) is 7.85. The molecule has 0 aliphatic carbocycles. The summed E-state index contributed by atoms with van der Waals surface area (Å²) in [5.74, 6) is -3.68. The fourth-order valence-electron chi connectivity index (χ4n) is 2.24. The zero-order valence-corrected chi connectivity index (χ0v) is 14.5. The highest BCUT2D eigenvalue weighted by Crippen LogP contribution is 2.33. The van der Waals surface area contributed by atoms with Crippen molar-refractivity contribution in [2.24, 2.45) is 0 Å². The lowest BCUT2D eigenvalue weighted by atomic mass is 10.2. The van der Waals surface area contributed by atoms with E-state index in [1.807, 2.05) is 6.92 Å². The third-order valence-corrected chi connectivity index (χ3v) is 3.61. The largest absolute Gasteiger partial charge is 0.382 e. The van der Waals surface area contributed by atoms with Crippen molar-refractivity contribution in [1.82, 2.24) is 19.7 Å². The number of aromatic nitrogens is 4. The Morgan fingerprint density at radius 1 is 1.40 bits per heavy atom. The van der Waals surface area contributed by atoms with Gasteiger partial charge in [0.15, 0.2) is 6.67 Å². The SMILES string of the molecule is CNc1nc(Nc2cn([C@H](C)COC)nc2C)ncc1C(F)(F)CF. The highest BCUT2D eigenvalue weighted by atomic mass is 19.3. The van der Waals surface area contributed by atoms with Crippen LogP contribution >= 0.6 is 0 Å². The van der Waals surface area contributed by atoms with Crippen LogP contribution in [-0.4, -0.2) is 47.2 Å². The maximum Gasteiger partial charge on any atom is 0.306 e. The molecule has 138 valence electrons. The standard InChI is InChI=1S/C15H21F3N6O/c1-9(7-25-4)24-6-12(10(2)23-24)21-14-20-5-11(13(19-3)22-14)15(17,18)8-16/h5-6,9H,7-8H2,1-4H3,(H2,19,20,21,22)/t9-/m1/s1. The third kappa shape index (κ3) is 4.19. The molecule has 0 spiro atoms. The zero-order chi connectivity index (χ0) is 18.6. The van der Waals surface area contributed by atoms with Crippen LogP contribution in [0.3, 0.4) is 0 Å². The zero-order valence-electron chi connectivity index (χ0n) is 14.5. The highest BCUT2D eigenvalue weighted by Gasteiger charge is 2.35. The molecule has 0 amide bonds. The van der Waals surface area contributed by atoms with Gasteiger partial charge in [0.05, 0.1) is 29.6 Å². The van der Waals surface area contributed by atoms with E-state index in [9.17, 15) is 13.2 Å². The fraction of sp³-hybridized carbons (Fsp3) is 0.533. The van der Waals surface area contributed by atoms with E-state index in [4.69, 9.17) is 4.74 Å². The van der Waals surface area contributed by atoms with Gasteiger partial charge in [-0.05, 0) is 13.8 Å². The number of halogens is 3. The van der Waals surface area contributed by atoms with Crippen molar-refractivity contribution in [3.63, 3.8) is 0 Å². The number of methoxy groups -OCH3 is 1. The molecule has 10 heteroatoms. The second-order valence-electron chi connectivity index (χ2n) is 5.58. The van der Waals surface area contributed by atoms with Gasteiger partial charge in [-0.2, -0.15) is 18.9 Å². The molecule has 2 aromatic rings. The van der Waals surface area contributed by atoms with Gasteiger partial charge in [-0.15, -0.1) is 0 Å². The number of anilines is 3. The monoisotopic (exact) mass is 358 g/mol. The summed E-state index contributed by atoms with van der Waals surface area (Å²) in [7, 11) is 3.04. The van der Waals surface area contributed by atoms with E-state index in [0.717, 1.165) is 6.20 Å². The molecule has 2 rings (SSSR count). The van der Waals surface area contributed by atoms with Crippen molar-refractivity contribution < 1.29 is 17.9 Å². The molecule has 0 unspecified atom stereocenters. The Balaban J connectivity index is 2.26. The van der Waals surface area contributed by atoms with E-state index in [2.05, 4.69) is 25.7 Å². The smallest absolute Gasteiger partial charge is 0.306 e. The van der Waals surface area contributed by atoms with Crippen LogP contribution in [0.25, 0.3) is 0 Å². The van der Waals surface area contributed by atoms with Crippen molar-refractivity contribution in [3.05, 3.63) is 23.7 Å². The van der Waals surface area contributed by atoms with Crippen molar-refractivity contribution in [1.29, 1.82) is 0 Å². The molecule has 2 N–H and O–H groups in total. The quantitative estimate of drug-likeness (QED) is 0.755. The van der Waals surface area contributed by atoms with Gasteiger partial charge in [0.2, 0.25) is 5.95 Å². The van der Waals surface area contributed by atoms with Crippen LogP contribution in [0.1, 0.15) is 24.2 Å². The second-order valence-corrected chi connectivity index (χ2v) is 5.58. The minimum atomic E-state index is -3.65. The first-order chi connectivity index (χ1) is 11.8. The van der Waals surface area contributed by atoms with Gasteiger partial charge in [-0.1, -0.05) is 0 Å². The summed E-state index contributed by atoms with van der Waals surface area (Å²) in [5, 5.41) is 9.85. The first kappa shape index (κ1) is 19.0. The van der Waals surface area contributed by atoms with Gasteiger partial charge in [0.25, 0.3) is 0 Å². The number of rotatable bonds is 8. The molecule has 0 saturated carbocycles. The van der Waals surface area contributed by atoms with Gasteiger partial charge in [-0.25, -0.2) is 9.37 Å². The minimum absolute atomic E-state index is 0.0265. The average molecular weight is 358 g/mol. The Labute approximate surface area is 143 Å². The predicted molar refractivity (Wildman–Crippen MR) is 88.3 cm³/mol. The van der Waals surface area contributed by atoms with Crippen molar-refractivity contribution in [2.75, 3.05) is 38.1 Å². The summed E-state index contributed by atoms with van der Waals surface area (Å²) in [6.07, 6.45) is 2.67. The number of hydrogen-bond donors (Lipinski definition) is 2. The van der Waals surface area contributed by atoms with Gasteiger partial charge in [-0.3, -0.25) is 4.68 Å². The van der Waals surface area contributed by atoms with E-state index >= 15 is 0 Å². The molecule has 0 radical (unpaired) electrons. The lowest BCUT2D eigenvalue weighted by Crippen LogP contribution is -2.19. The number of ether oxygens (including phenoxy) is 1. The first-order valence-corrected chi connectivity index (χ1v) is 7.63. The van der Waals surface area contributed by atoms with Crippen molar-refractivity contribution in [2.45, 2.75) is 25.8 Å². The Kier molecular flexibility index (Phi) is 5.83. The summed E-state index contributed by atoms with van der Waals surface area (Å²) in [6, 6.07) is 0.0265.